The summed E-state index contributed by atoms with van der Waals surface area (Å²) in [5, 5.41) is 0. The fourth-order valence-electron chi connectivity index (χ4n) is 3.32. The van der Waals surface area contributed by atoms with E-state index in [0.29, 0.717) is 6.61 Å². The van der Waals surface area contributed by atoms with Crippen molar-refractivity contribution in [1.82, 2.24) is 4.98 Å². The first kappa shape index (κ1) is 31.0. The Kier molecular flexibility index (Phi) is 10.2. The number of ether oxygens (including phenoxy) is 2. The van der Waals surface area contributed by atoms with Crippen molar-refractivity contribution < 1.29 is 35.6 Å². The van der Waals surface area contributed by atoms with Gasteiger partial charge in [0.15, 0.2) is 25.7 Å². The van der Waals surface area contributed by atoms with E-state index in [9.17, 15) is 13.2 Å². The van der Waals surface area contributed by atoms with E-state index in [4.69, 9.17) is 22.4 Å². The van der Waals surface area contributed by atoms with Gasteiger partial charge in [-0.05, 0) is 87.0 Å². The molecule has 212 valence electrons. The summed E-state index contributed by atoms with van der Waals surface area (Å²) in [5.41, 5.74) is -4.78. The first-order valence-corrected chi connectivity index (χ1v) is 14.6. The highest BCUT2D eigenvalue weighted by molar-refractivity contribution is 7.97. The maximum atomic E-state index is 10.7. The lowest BCUT2D eigenvalue weighted by molar-refractivity contribution is -0.0517. The maximum absolute atomic E-state index is 10.7. The van der Waals surface area contributed by atoms with Gasteiger partial charge < -0.3 is 14.0 Å². The molecule has 0 N–H and O–H groups in total. The van der Waals surface area contributed by atoms with Crippen molar-refractivity contribution in [2.24, 2.45) is 0 Å². The van der Waals surface area contributed by atoms with Gasteiger partial charge in [-0.3, -0.25) is 4.98 Å². The van der Waals surface area contributed by atoms with Gasteiger partial charge in [0, 0.05) is 12.4 Å². The number of benzene rings is 3. The van der Waals surface area contributed by atoms with Crippen LogP contribution in [-0.2, 0) is 27.6 Å². The summed E-state index contributed by atoms with van der Waals surface area (Å²) in [6.45, 7) is 6.69. The molecule has 1 heterocycles. The Morgan fingerprint density at radius 2 is 1.32 bits per heavy atom. The van der Waals surface area contributed by atoms with Crippen LogP contribution in [0.2, 0.25) is 0 Å². The third kappa shape index (κ3) is 9.29. The van der Waals surface area contributed by atoms with E-state index < -0.39 is 15.6 Å². The molecule has 0 saturated carbocycles. The predicted octanol–water partition coefficient (Wildman–Crippen LogP) is 6.98. The van der Waals surface area contributed by atoms with Crippen LogP contribution in [0.15, 0.2) is 118 Å². The summed E-state index contributed by atoms with van der Waals surface area (Å²) >= 11 is 0. The largest absolute Gasteiger partial charge is 0.741 e. The summed E-state index contributed by atoms with van der Waals surface area (Å²) in [5.74, 6) is 1.77. The van der Waals surface area contributed by atoms with Crippen LogP contribution in [0.4, 0.5) is 13.2 Å². The predicted molar refractivity (Wildman–Crippen MR) is 146 cm³/mol. The van der Waals surface area contributed by atoms with E-state index >= 15 is 0 Å². The molecule has 40 heavy (non-hydrogen) atoms. The minimum Gasteiger partial charge on any atom is -0.741 e. The number of halogens is 3. The first-order chi connectivity index (χ1) is 18.7. The van der Waals surface area contributed by atoms with E-state index in [-0.39, 0.29) is 16.5 Å². The molecular formula is C29H28F3NO5S2. The zero-order chi connectivity index (χ0) is 29.4. The molecule has 1 aromatic heterocycles. The quantitative estimate of drug-likeness (QED) is 0.131. The number of hydrogen-bond donors (Lipinski definition) is 0. The van der Waals surface area contributed by atoms with Crippen LogP contribution in [-0.4, -0.2) is 29.1 Å². The molecule has 0 aliphatic heterocycles. The normalized spacial score (nSPS) is 12.6. The molecule has 4 rings (SSSR count). The minimum absolute atomic E-state index is 0.226. The number of pyridine rings is 1. The fourth-order valence-corrected chi connectivity index (χ4v) is 5.48. The van der Waals surface area contributed by atoms with E-state index in [2.05, 4.69) is 98.6 Å². The van der Waals surface area contributed by atoms with Crippen LogP contribution < -0.4 is 9.47 Å². The summed E-state index contributed by atoms with van der Waals surface area (Å²) in [4.78, 5) is 7.72. The molecule has 4 aromatic rings. The van der Waals surface area contributed by atoms with Gasteiger partial charge in [0.1, 0.15) is 28.9 Å². The van der Waals surface area contributed by atoms with Crippen molar-refractivity contribution in [3.8, 4) is 11.5 Å². The third-order valence-electron chi connectivity index (χ3n) is 4.96. The van der Waals surface area contributed by atoms with Gasteiger partial charge in [0.05, 0.1) is 0 Å². The maximum Gasteiger partial charge on any atom is 0.485 e. The van der Waals surface area contributed by atoms with Crippen molar-refractivity contribution in [1.29, 1.82) is 0 Å². The van der Waals surface area contributed by atoms with Gasteiger partial charge in [-0.2, -0.15) is 13.2 Å². The molecule has 11 heteroatoms. The second-order valence-corrected chi connectivity index (χ2v) is 12.7. The van der Waals surface area contributed by atoms with E-state index in [0.717, 1.165) is 22.0 Å². The van der Waals surface area contributed by atoms with Crippen LogP contribution >= 0.6 is 0 Å². The summed E-state index contributed by atoms with van der Waals surface area (Å²) < 4.78 is 71.2. The van der Waals surface area contributed by atoms with E-state index in [1.54, 1.807) is 12.4 Å². The number of alkyl halides is 3. The van der Waals surface area contributed by atoms with Gasteiger partial charge in [-0.15, -0.1) is 0 Å². The number of para-hydroxylation sites is 1. The summed E-state index contributed by atoms with van der Waals surface area (Å²) in [6.07, 6.45) is 3.58. The second-order valence-electron chi connectivity index (χ2n) is 9.30. The Balaban J connectivity index is 0.000000482. The third-order valence-corrected chi connectivity index (χ3v) is 7.79. The lowest BCUT2D eigenvalue weighted by Crippen LogP contribution is -2.22. The molecule has 1 atom stereocenters. The average Bonchev–Trinajstić information content (AvgIpc) is 2.89. The van der Waals surface area contributed by atoms with Crippen molar-refractivity contribution in [3.05, 3.63) is 109 Å². The number of aromatic nitrogens is 1. The lowest BCUT2D eigenvalue weighted by atomic mass is 10.2. The topological polar surface area (TPSA) is 88.6 Å². The molecule has 3 aromatic carbocycles. The molecule has 0 fully saturated rings. The molecule has 0 radical (unpaired) electrons. The molecule has 0 bridgehead atoms. The Bertz CT molecular complexity index is 1460. The zero-order valence-electron chi connectivity index (χ0n) is 22.0. The SMILES string of the molecule is CC(C)(C)Oc1ccc([S+](c2ccccc2)c2ccccc2OCc2ccncc2)cc1.O=S(=O)([O-])C(F)(F)F. The van der Waals surface area contributed by atoms with Gasteiger partial charge in [0.2, 0.25) is 4.90 Å². The molecule has 0 saturated heterocycles. The smallest absolute Gasteiger partial charge is 0.485 e. The fraction of sp³-hybridized carbons (Fsp3) is 0.207. The highest BCUT2D eigenvalue weighted by Gasteiger charge is 2.37. The Morgan fingerprint density at radius 3 is 1.88 bits per heavy atom. The van der Waals surface area contributed by atoms with Crippen LogP contribution in [0, 0.1) is 0 Å². The Labute approximate surface area is 234 Å². The molecule has 0 aliphatic carbocycles. The highest BCUT2D eigenvalue weighted by Crippen LogP contribution is 2.37. The highest BCUT2D eigenvalue weighted by atomic mass is 32.2. The van der Waals surface area contributed by atoms with Gasteiger partial charge in [-0.1, -0.05) is 30.3 Å². The molecule has 0 amide bonds. The van der Waals surface area contributed by atoms with Crippen LogP contribution in [0.1, 0.15) is 26.3 Å². The standard InChI is InChI=1S/C28H28NO2S.CHF3O3S/c1-28(2,3)31-23-13-15-25(16-14-23)32(24-9-5-4-6-10-24)27-12-8-7-11-26(27)30-21-22-17-19-29-20-18-22;2-1(3,4)8(5,6)7/h4-20H,21H2,1-3H3;(H,5,6,7)/q+1;/p-1. The average molecular weight is 592 g/mol. The number of hydrogen-bond acceptors (Lipinski definition) is 6. The molecule has 0 aliphatic rings. The monoisotopic (exact) mass is 591 g/mol. The van der Waals surface area contributed by atoms with Gasteiger partial charge >= 0.3 is 5.51 Å². The first-order valence-electron chi connectivity index (χ1n) is 12.0. The molecule has 1 unspecified atom stereocenters. The van der Waals surface area contributed by atoms with Crippen LogP contribution in [0.25, 0.3) is 0 Å². The van der Waals surface area contributed by atoms with Crippen molar-refractivity contribution >= 4 is 21.0 Å². The van der Waals surface area contributed by atoms with Crippen molar-refractivity contribution in [2.75, 3.05) is 0 Å². The Morgan fingerprint density at radius 1 is 0.800 bits per heavy atom. The molecule has 0 spiro atoms. The van der Waals surface area contributed by atoms with Gasteiger partial charge in [0.25, 0.3) is 0 Å². The molecular weight excluding hydrogens is 563 g/mol. The van der Waals surface area contributed by atoms with Crippen LogP contribution in [0.3, 0.4) is 0 Å². The number of nitrogens with zero attached hydrogens (tertiary/aromatic N) is 1. The van der Waals surface area contributed by atoms with Crippen molar-refractivity contribution in [2.45, 2.75) is 53.2 Å². The van der Waals surface area contributed by atoms with E-state index in [1.165, 1.54) is 9.79 Å². The van der Waals surface area contributed by atoms with Crippen LogP contribution in [0.5, 0.6) is 11.5 Å². The molecule has 6 nitrogen and oxygen atoms in total. The number of rotatable bonds is 7. The minimum atomic E-state index is -6.09. The Hall–Kier alpha value is -3.54. The van der Waals surface area contributed by atoms with E-state index in [1.807, 2.05) is 18.2 Å². The summed E-state index contributed by atoms with van der Waals surface area (Å²) in [7, 11) is -6.40. The second kappa shape index (κ2) is 13.2. The summed E-state index contributed by atoms with van der Waals surface area (Å²) in [6, 6.07) is 31.3. The van der Waals surface area contributed by atoms with Crippen molar-refractivity contribution in [3.63, 3.8) is 0 Å². The zero-order valence-corrected chi connectivity index (χ0v) is 23.6. The lowest BCUT2D eigenvalue weighted by Gasteiger charge is -2.21. The van der Waals surface area contributed by atoms with Gasteiger partial charge in [-0.25, -0.2) is 8.42 Å².